The van der Waals surface area contributed by atoms with Gasteiger partial charge in [0.05, 0.1) is 29.9 Å². The normalized spacial score (nSPS) is 11.2. The second-order valence-corrected chi connectivity index (χ2v) is 8.39. The summed E-state index contributed by atoms with van der Waals surface area (Å²) >= 11 is 1.29. The summed E-state index contributed by atoms with van der Waals surface area (Å²) in [5, 5.41) is 3.90. The summed E-state index contributed by atoms with van der Waals surface area (Å²) in [6.07, 6.45) is 0. The molecule has 5 aromatic rings. The van der Waals surface area contributed by atoms with Crippen molar-refractivity contribution in [1.82, 2.24) is 4.98 Å². The van der Waals surface area contributed by atoms with Crippen molar-refractivity contribution in [2.75, 3.05) is 13.1 Å². The van der Waals surface area contributed by atoms with Crippen molar-refractivity contribution in [3.8, 4) is 21.8 Å². The van der Waals surface area contributed by atoms with Gasteiger partial charge in [-0.1, -0.05) is 18.2 Å². The van der Waals surface area contributed by atoms with Crippen LogP contribution in [0, 0.1) is 0 Å². The van der Waals surface area contributed by atoms with E-state index in [1.807, 2.05) is 30.3 Å². The Labute approximate surface area is 203 Å². The highest BCUT2D eigenvalue weighted by molar-refractivity contribution is 7.13. The molecule has 33 heavy (non-hydrogen) atoms. The zero-order valence-corrected chi connectivity index (χ0v) is 20.5. The van der Waals surface area contributed by atoms with E-state index in [9.17, 15) is 9.59 Å². The van der Waals surface area contributed by atoms with Crippen LogP contribution in [0.1, 0.15) is 13.8 Å². The van der Waals surface area contributed by atoms with Crippen molar-refractivity contribution in [2.24, 2.45) is 0 Å². The summed E-state index contributed by atoms with van der Waals surface area (Å²) in [4.78, 5) is 31.1. The van der Waals surface area contributed by atoms with Gasteiger partial charge in [0, 0.05) is 22.2 Å². The number of para-hydroxylation sites is 1. The average molecular weight is 525 g/mol. The van der Waals surface area contributed by atoms with Crippen LogP contribution in [-0.4, -0.2) is 18.1 Å². The first-order valence-corrected chi connectivity index (χ1v) is 11.4. The first kappa shape index (κ1) is 23.1. The van der Waals surface area contributed by atoms with Gasteiger partial charge in [-0.15, -0.1) is 11.3 Å². The fourth-order valence-electron chi connectivity index (χ4n) is 3.90. The molecule has 0 amide bonds. The van der Waals surface area contributed by atoms with E-state index in [0.717, 1.165) is 29.5 Å². The minimum atomic E-state index is -0.461. The predicted molar refractivity (Wildman–Crippen MR) is 127 cm³/mol. The topological polar surface area (TPSA) is 77.8 Å². The lowest BCUT2D eigenvalue weighted by molar-refractivity contribution is -0.828. The van der Waals surface area contributed by atoms with Crippen molar-refractivity contribution in [2.45, 2.75) is 13.8 Å². The molecule has 0 aliphatic rings. The Morgan fingerprint density at radius 3 is 2.30 bits per heavy atom. The molecule has 0 unspecified atom stereocenters. The van der Waals surface area contributed by atoms with Crippen LogP contribution in [0.15, 0.2) is 78.4 Å². The van der Waals surface area contributed by atoms with E-state index in [4.69, 9.17) is 8.83 Å². The maximum absolute atomic E-state index is 12.8. The molecule has 168 valence electrons. The van der Waals surface area contributed by atoms with E-state index in [2.05, 4.69) is 24.9 Å². The highest BCUT2D eigenvalue weighted by Gasteiger charge is 2.17. The number of nitrogens with one attached hydrogen (secondary N) is 1. The number of thiazole rings is 1. The van der Waals surface area contributed by atoms with Crippen molar-refractivity contribution < 1.29 is 30.7 Å². The largest absolute Gasteiger partial charge is 1.00 e. The molecule has 8 heteroatoms. The van der Waals surface area contributed by atoms with Crippen LogP contribution in [0.25, 0.3) is 43.8 Å². The lowest BCUT2D eigenvalue weighted by Crippen LogP contribution is -3.06. The second kappa shape index (κ2) is 9.43. The minimum Gasteiger partial charge on any atom is -1.00 e. The summed E-state index contributed by atoms with van der Waals surface area (Å²) in [5.74, 6) is 0. The average Bonchev–Trinajstić information content (AvgIpc) is 3.28. The Kier molecular flexibility index (Phi) is 6.60. The molecule has 3 heterocycles. The number of hydrogen-bond donors (Lipinski definition) is 1. The molecule has 6 nitrogen and oxygen atoms in total. The lowest BCUT2D eigenvalue weighted by Gasteiger charge is -2.14. The molecule has 0 bridgehead atoms. The van der Waals surface area contributed by atoms with E-state index >= 15 is 0 Å². The Hall–Kier alpha value is -3.07. The Bertz CT molecular complexity index is 1570. The van der Waals surface area contributed by atoms with Crippen molar-refractivity contribution in [1.29, 1.82) is 0 Å². The predicted octanol–water partition coefficient (Wildman–Crippen LogP) is 1.25. The van der Waals surface area contributed by atoms with Crippen LogP contribution in [0.4, 0.5) is 5.69 Å². The highest BCUT2D eigenvalue weighted by Crippen LogP contribution is 2.29. The molecule has 1 N–H and O–H groups in total. The van der Waals surface area contributed by atoms with Gasteiger partial charge in [-0.25, -0.2) is 14.6 Å². The van der Waals surface area contributed by atoms with Crippen molar-refractivity contribution in [3.05, 3.63) is 80.8 Å². The van der Waals surface area contributed by atoms with Gasteiger partial charge >= 0.3 is 11.3 Å². The number of nitrogens with zero attached hydrogens (tertiary/aromatic N) is 1. The first-order chi connectivity index (χ1) is 15.6. The third-order valence-electron chi connectivity index (χ3n) is 5.65. The van der Waals surface area contributed by atoms with Gasteiger partial charge < -0.3 is 30.7 Å². The van der Waals surface area contributed by atoms with Crippen LogP contribution in [0.5, 0.6) is 0 Å². The Morgan fingerprint density at radius 1 is 0.848 bits per heavy atom. The monoisotopic (exact) mass is 524 g/mol. The summed E-state index contributed by atoms with van der Waals surface area (Å²) in [7, 11) is 0. The Balaban J connectivity index is 0.00000259. The van der Waals surface area contributed by atoms with E-state index in [0.29, 0.717) is 33.0 Å². The fraction of sp³-hybridized carbons (Fsp3) is 0.160. The maximum Gasteiger partial charge on any atom is 0.346 e. The van der Waals surface area contributed by atoms with Gasteiger partial charge in [0.2, 0.25) is 0 Å². The molecule has 0 aliphatic heterocycles. The lowest BCUT2D eigenvalue weighted by atomic mass is 10.1. The highest BCUT2D eigenvalue weighted by atomic mass is 79.9. The Morgan fingerprint density at radius 2 is 1.52 bits per heavy atom. The minimum absolute atomic E-state index is 0. The number of fused-ring (bicyclic) bond motifs is 2. The van der Waals surface area contributed by atoms with Gasteiger partial charge in [-0.05, 0) is 44.2 Å². The molecule has 5 rings (SSSR count). The van der Waals surface area contributed by atoms with Crippen LogP contribution in [-0.2, 0) is 0 Å². The number of benzene rings is 2. The summed E-state index contributed by atoms with van der Waals surface area (Å²) in [5.41, 5.74) is 2.49. The molecule has 0 spiro atoms. The summed E-state index contributed by atoms with van der Waals surface area (Å²) in [6.45, 7) is 6.15. The molecule has 2 aromatic carbocycles. The molecular formula is C25H21BrN2O4S. The van der Waals surface area contributed by atoms with Crippen molar-refractivity contribution in [3.63, 3.8) is 0 Å². The number of quaternary nitrogens is 1. The van der Waals surface area contributed by atoms with Gasteiger partial charge in [-0.2, -0.15) is 0 Å². The zero-order valence-electron chi connectivity index (χ0n) is 18.1. The number of aromatic nitrogens is 1. The van der Waals surface area contributed by atoms with Gasteiger partial charge in [0.1, 0.15) is 21.9 Å². The van der Waals surface area contributed by atoms with Crippen molar-refractivity contribution >= 4 is 39.0 Å². The summed E-state index contributed by atoms with van der Waals surface area (Å²) < 4.78 is 11.1. The molecule has 0 atom stereocenters. The zero-order chi connectivity index (χ0) is 22.2. The van der Waals surface area contributed by atoms with Gasteiger partial charge in [0.25, 0.3) is 0 Å². The standard InChI is InChI=1S/C25H20N2O4S.BrH/c1-3-27(4-2)17-10-9-16-12-19(25(29)31-22(16)13-17)23-26-20(14-32-23)18-11-15-7-5-6-8-21(15)30-24(18)28;/h5-14H,3-4H2,1-2H3;1H. The molecule has 0 saturated heterocycles. The smallest absolute Gasteiger partial charge is 0.346 e. The third-order valence-corrected chi connectivity index (χ3v) is 6.53. The molecular weight excluding hydrogens is 504 g/mol. The first-order valence-electron chi connectivity index (χ1n) is 10.5. The second-order valence-electron chi connectivity index (χ2n) is 7.53. The van der Waals surface area contributed by atoms with Crippen LogP contribution in [0.3, 0.4) is 0 Å². The summed E-state index contributed by atoms with van der Waals surface area (Å²) in [6, 6.07) is 16.8. The SMILES string of the molecule is CC[NH+](CC)c1ccc2cc(-c3nc(-c4cc5ccccc5oc4=O)cs3)c(=O)oc2c1.[Br-]. The fourth-order valence-corrected chi connectivity index (χ4v) is 4.72. The number of rotatable bonds is 5. The molecule has 0 fully saturated rings. The van der Waals surface area contributed by atoms with Gasteiger partial charge in [0.15, 0.2) is 0 Å². The molecule has 0 saturated carbocycles. The molecule has 3 aromatic heterocycles. The van der Waals surface area contributed by atoms with E-state index in [1.54, 1.807) is 23.6 Å². The van der Waals surface area contributed by atoms with E-state index in [-0.39, 0.29) is 17.0 Å². The number of halogens is 1. The third kappa shape index (κ3) is 4.29. The van der Waals surface area contributed by atoms with Crippen LogP contribution < -0.4 is 33.1 Å². The quantitative estimate of drug-likeness (QED) is 0.350. The van der Waals surface area contributed by atoms with E-state index < -0.39 is 11.3 Å². The van der Waals surface area contributed by atoms with Crippen LogP contribution in [0.2, 0.25) is 0 Å². The molecule has 0 radical (unpaired) electrons. The maximum atomic E-state index is 12.8. The molecule has 0 aliphatic carbocycles. The number of hydrogen-bond acceptors (Lipinski definition) is 6. The van der Waals surface area contributed by atoms with Gasteiger partial charge in [-0.3, -0.25) is 0 Å². The van der Waals surface area contributed by atoms with Crippen LogP contribution >= 0.6 is 11.3 Å². The van der Waals surface area contributed by atoms with E-state index in [1.165, 1.54) is 16.2 Å².